The van der Waals surface area contributed by atoms with Crippen molar-refractivity contribution in [1.29, 1.82) is 0 Å². The van der Waals surface area contributed by atoms with Crippen molar-refractivity contribution < 1.29 is 8.42 Å². The molecule has 2 atom stereocenters. The highest BCUT2D eigenvalue weighted by Crippen LogP contribution is 2.19. The van der Waals surface area contributed by atoms with E-state index in [9.17, 15) is 8.42 Å². The molecule has 1 saturated heterocycles. The van der Waals surface area contributed by atoms with E-state index in [-0.39, 0.29) is 23.6 Å². The normalized spacial score (nSPS) is 27.1. The van der Waals surface area contributed by atoms with E-state index >= 15 is 0 Å². The fraction of sp³-hybridized carbons (Fsp3) is 0.500. The number of sulfone groups is 1. The van der Waals surface area contributed by atoms with Gasteiger partial charge in [0.2, 0.25) is 0 Å². The minimum absolute atomic E-state index is 0.0342. The van der Waals surface area contributed by atoms with Gasteiger partial charge in [0.1, 0.15) is 0 Å². The van der Waals surface area contributed by atoms with Crippen LogP contribution in [0.15, 0.2) is 29.5 Å². The van der Waals surface area contributed by atoms with Crippen LogP contribution in [0, 0.1) is 0 Å². The largest absolute Gasteiger partial charge is 0.303 e. The fourth-order valence-electron chi connectivity index (χ4n) is 2.08. The van der Waals surface area contributed by atoms with Crippen LogP contribution >= 0.6 is 0 Å². The lowest BCUT2D eigenvalue weighted by Gasteiger charge is -2.21. The third-order valence-electron chi connectivity index (χ3n) is 3.08. The second-order valence-electron chi connectivity index (χ2n) is 4.73. The standard InChI is InChI=1S/C12H17N3O2S/c1-15(2)12-9-18(16,17)8-11(12)14-7-10-3-5-13-6-4-10/h3-7,11-12H,8-9H2,1-2H3/t11-,12-/m1/s1. The molecular weight excluding hydrogens is 250 g/mol. The summed E-state index contributed by atoms with van der Waals surface area (Å²) in [5.41, 5.74) is 0.937. The zero-order chi connectivity index (χ0) is 13.2. The zero-order valence-corrected chi connectivity index (χ0v) is 11.3. The molecule has 0 bridgehead atoms. The van der Waals surface area contributed by atoms with Gasteiger partial charge in [0.05, 0.1) is 17.5 Å². The Balaban J connectivity index is 2.15. The average molecular weight is 267 g/mol. The summed E-state index contributed by atoms with van der Waals surface area (Å²) in [4.78, 5) is 10.3. The molecule has 2 heterocycles. The smallest absolute Gasteiger partial charge is 0.154 e. The minimum Gasteiger partial charge on any atom is -0.303 e. The van der Waals surface area contributed by atoms with Crippen LogP contribution in [0.1, 0.15) is 5.56 Å². The van der Waals surface area contributed by atoms with Gasteiger partial charge in [0.25, 0.3) is 0 Å². The Morgan fingerprint density at radius 3 is 2.61 bits per heavy atom. The summed E-state index contributed by atoms with van der Waals surface area (Å²) in [7, 11) is 0.817. The van der Waals surface area contributed by atoms with Gasteiger partial charge >= 0.3 is 0 Å². The molecule has 5 nitrogen and oxygen atoms in total. The molecule has 1 aliphatic heterocycles. The number of aliphatic imine (C=N–C) groups is 1. The molecule has 0 radical (unpaired) electrons. The first-order chi connectivity index (χ1) is 8.48. The van der Waals surface area contributed by atoms with Gasteiger partial charge in [0, 0.05) is 24.7 Å². The molecule has 0 saturated carbocycles. The van der Waals surface area contributed by atoms with Crippen LogP contribution in [-0.4, -0.2) is 62.2 Å². The van der Waals surface area contributed by atoms with Gasteiger partial charge in [0.15, 0.2) is 9.84 Å². The summed E-state index contributed by atoms with van der Waals surface area (Å²) < 4.78 is 23.3. The molecule has 1 fully saturated rings. The van der Waals surface area contributed by atoms with Crippen molar-refractivity contribution in [3.05, 3.63) is 30.1 Å². The van der Waals surface area contributed by atoms with Crippen LogP contribution in [0.3, 0.4) is 0 Å². The van der Waals surface area contributed by atoms with Crippen LogP contribution < -0.4 is 0 Å². The number of hydrogen-bond acceptors (Lipinski definition) is 5. The van der Waals surface area contributed by atoms with Crippen molar-refractivity contribution in [3.8, 4) is 0 Å². The van der Waals surface area contributed by atoms with Gasteiger partial charge in [-0.15, -0.1) is 0 Å². The van der Waals surface area contributed by atoms with E-state index in [1.165, 1.54) is 0 Å². The van der Waals surface area contributed by atoms with Crippen LogP contribution in [0.5, 0.6) is 0 Å². The molecule has 0 spiro atoms. The van der Waals surface area contributed by atoms with Crippen molar-refractivity contribution >= 4 is 16.1 Å². The summed E-state index contributed by atoms with van der Waals surface area (Å²) in [6.45, 7) is 0. The summed E-state index contributed by atoms with van der Waals surface area (Å²) in [5.74, 6) is 0.329. The maximum Gasteiger partial charge on any atom is 0.154 e. The molecular formula is C12H17N3O2S. The molecule has 1 aromatic rings. The monoisotopic (exact) mass is 267 g/mol. The Bertz CT molecular complexity index is 526. The second kappa shape index (κ2) is 5.16. The van der Waals surface area contributed by atoms with Crippen LogP contribution in [0.25, 0.3) is 0 Å². The Hall–Kier alpha value is -1.27. The maximum atomic E-state index is 11.7. The Morgan fingerprint density at radius 2 is 2.00 bits per heavy atom. The molecule has 0 aromatic carbocycles. The van der Waals surface area contributed by atoms with E-state index in [4.69, 9.17) is 0 Å². The SMILES string of the molecule is CN(C)[C@@H]1CS(=O)(=O)C[C@H]1N=Cc1ccncc1. The van der Waals surface area contributed by atoms with Gasteiger partial charge in [-0.1, -0.05) is 0 Å². The molecule has 1 aromatic heterocycles. The van der Waals surface area contributed by atoms with E-state index in [0.717, 1.165) is 5.56 Å². The number of aromatic nitrogens is 1. The molecule has 6 heteroatoms. The molecule has 0 N–H and O–H groups in total. The summed E-state index contributed by atoms with van der Waals surface area (Å²) in [5, 5.41) is 0. The molecule has 0 aliphatic carbocycles. The quantitative estimate of drug-likeness (QED) is 0.735. The summed E-state index contributed by atoms with van der Waals surface area (Å²) in [6, 6.07) is 3.47. The lowest BCUT2D eigenvalue weighted by Crippen LogP contribution is -2.37. The zero-order valence-electron chi connectivity index (χ0n) is 10.5. The number of hydrogen-bond donors (Lipinski definition) is 0. The molecule has 0 amide bonds. The van der Waals surface area contributed by atoms with Crippen molar-refractivity contribution in [1.82, 2.24) is 9.88 Å². The lowest BCUT2D eigenvalue weighted by atomic mass is 10.1. The fourth-order valence-corrected chi connectivity index (χ4v) is 4.08. The van der Waals surface area contributed by atoms with Crippen molar-refractivity contribution in [3.63, 3.8) is 0 Å². The average Bonchev–Trinajstić information content (AvgIpc) is 2.64. The minimum atomic E-state index is -2.96. The summed E-state index contributed by atoms with van der Waals surface area (Å²) in [6.07, 6.45) is 5.11. The van der Waals surface area contributed by atoms with Gasteiger partial charge in [-0.3, -0.25) is 9.98 Å². The predicted molar refractivity (Wildman–Crippen MR) is 71.7 cm³/mol. The third-order valence-corrected chi connectivity index (χ3v) is 4.78. The van der Waals surface area contributed by atoms with Crippen molar-refractivity contribution in [2.45, 2.75) is 12.1 Å². The first-order valence-electron chi connectivity index (χ1n) is 5.78. The molecule has 2 rings (SSSR count). The van der Waals surface area contributed by atoms with E-state index in [2.05, 4.69) is 9.98 Å². The number of nitrogens with zero attached hydrogens (tertiary/aromatic N) is 3. The Labute approximate surface area is 107 Å². The van der Waals surface area contributed by atoms with E-state index in [1.54, 1.807) is 18.6 Å². The van der Waals surface area contributed by atoms with E-state index in [1.807, 2.05) is 31.1 Å². The molecule has 98 valence electrons. The summed E-state index contributed by atoms with van der Waals surface area (Å²) >= 11 is 0. The van der Waals surface area contributed by atoms with E-state index in [0.29, 0.717) is 0 Å². The van der Waals surface area contributed by atoms with Crippen LogP contribution in [0.4, 0.5) is 0 Å². The maximum absolute atomic E-state index is 11.7. The number of rotatable bonds is 3. The van der Waals surface area contributed by atoms with Crippen LogP contribution in [-0.2, 0) is 9.84 Å². The van der Waals surface area contributed by atoms with Crippen LogP contribution in [0.2, 0.25) is 0 Å². The van der Waals surface area contributed by atoms with Crippen molar-refractivity contribution in [2.24, 2.45) is 4.99 Å². The Morgan fingerprint density at radius 1 is 1.33 bits per heavy atom. The van der Waals surface area contributed by atoms with Gasteiger partial charge in [-0.05, 0) is 31.8 Å². The van der Waals surface area contributed by atoms with Gasteiger partial charge < -0.3 is 4.90 Å². The number of pyridine rings is 1. The topological polar surface area (TPSA) is 62.6 Å². The molecule has 0 unspecified atom stereocenters. The molecule has 1 aliphatic rings. The highest BCUT2D eigenvalue weighted by Gasteiger charge is 2.38. The highest BCUT2D eigenvalue weighted by atomic mass is 32.2. The first-order valence-corrected chi connectivity index (χ1v) is 7.60. The van der Waals surface area contributed by atoms with Crippen molar-refractivity contribution in [2.75, 3.05) is 25.6 Å². The number of likely N-dealkylation sites (N-methyl/N-ethyl adjacent to an activating group) is 1. The first kappa shape index (κ1) is 13.2. The second-order valence-corrected chi connectivity index (χ2v) is 6.89. The predicted octanol–water partition coefficient (Wildman–Crippen LogP) is 0.228. The van der Waals surface area contributed by atoms with E-state index < -0.39 is 9.84 Å². The highest BCUT2D eigenvalue weighted by molar-refractivity contribution is 7.91. The third kappa shape index (κ3) is 3.14. The van der Waals surface area contributed by atoms with Gasteiger partial charge in [-0.25, -0.2) is 8.42 Å². The lowest BCUT2D eigenvalue weighted by molar-refractivity contribution is 0.297. The Kier molecular flexibility index (Phi) is 3.77. The van der Waals surface area contributed by atoms with Gasteiger partial charge in [-0.2, -0.15) is 0 Å². The molecule has 18 heavy (non-hydrogen) atoms.